The van der Waals surface area contributed by atoms with Gasteiger partial charge in [0.25, 0.3) is 0 Å². The van der Waals surface area contributed by atoms with Gasteiger partial charge >= 0.3 is 0 Å². The number of hydrogen-bond donors (Lipinski definition) is 1. The lowest BCUT2D eigenvalue weighted by molar-refractivity contribution is -0.145. The monoisotopic (exact) mass is 295 g/mol. The Morgan fingerprint density at radius 3 is 2.52 bits per heavy atom. The molecular weight excluding hydrogens is 262 g/mol. The highest BCUT2D eigenvalue weighted by Gasteiger charge is 2.46. The van der Waals surface area contributed by atoms with Crippen LogP contribution in [0, 0.1) is 11.3 Å². The smallest absolute Gasteiger partial charge is 0.230 e. The van der Waals surface area contributed by atoms with Gasteiger partial charge in [0.1, 0.15) is 0 Å². The van der Waals surface area contributed by atoms with Gasteiger partial charge < -0.3 is 15.1 Å². The molecule has 1 atom stereocenters. The number of nitrogens with one attached hydrogen (secondary N) is 1. The van der Waals surface area contributed by atoms with Crippen LogP contribution in [0.1, 0.15) is 46.5 Å². The molecule has 0 aromatic heterocycles. The van der Waals surface area contributed by atoms with Gasteiger partial charge in [-0.25, -0.2) is 0 Å². The second kappa shape index (κ2) is 7.10. The fraction of sp³-hybridized carbons (Fsp3) is 0.941. The molecule has 2 fully saturated rings. The molecule has 2 aliphatic rings. The SMILES string of the molecule is CCCN1CCC(N(C)C(=O)C2(C(C)C)CCNC2)CC1. The first-order valence-electron chi connectivity index (χ1n) is 8.71. The van der Waals surface area contributed by atoms with Crippen molar-refractivity contribution in [3.8, 4) is 0 Å². The summed E-state index contributed by atoms with van der Waals surface area (Å²) in [6.45, 7) is 11.9. The van der Waals surface area contributed by atoms with Crippen LogP contribution in [0.15, 0.2) is 0 Å². The maximum atomic E-state index is 13.1. The fourth-order valence-electron chi connectivity index (χ4n) is 4.00. The predicted octanol–water partition coefficient (Wildman–Crippen LogP) is 1.95. The van der Waals surface area contributed by atoms with Crippen LogP contribution < -0.4 is 5.32 Å². The van der Waals surface area contributed by atoms with Crippen molar-refractivity contribution >= 4 is 5.91 Å². The summed E-state index contributed by atoms with van der Waals surface area (Å²) in [5.74, 6) is 0.777. The molecule has 0 aromatic carbocycles. The van der Waals surface area contributed by atoms with Gasteiger partial charge in [-0.1, -0.05) is 20.8 Å². The second-order valence-electron chi connectivity index (χ2n) is 7.23. The first-order chi connectivity index (χ1) is 10.0. The highest BCUT2D eigenvalue weighted by Crippen LogP contribution is 2.37. The fourth-order valence-corrected chi connectivity index (χ4v) is 4.00. The van der Waals surface area contributed by atoms with E-state index in [0.29, 0.717) is 17.9 Å². The van der Waals surface area contributed by atoms with Crippen LogP contribution in [-0.2, 0) is 4.79 Å². The molecule has 0 saturated carbocycles. The third-order valence-electron chi connectivity index (χ3n) is 5.68. The molecule has 2 heterocycles. The summed E-state index contributed by atoms with van der Waals surface area (Å²) < 4.78 is 0. The van der Waals surface area contributed by atoms with Crippen molar-refractivity contribution in [1.82, 2.24) is 15.1 Å². The van der Waals surface area contributed by atoms with E-state index < -0.39 is 0 Å². The number of amides is 1. The molecule has 4 nitrogen and oxygen atoms in total. The largest absolute Gasteiger partial charge is 0.342 e. The summed E-state index contributed by atoms with van der Waals surface area (Å²) in [6, 6.07) is 0.432. The number of nitrogens with zero attached hydrogens (tertiary/aromatic N) is 2. The molecule has 122 valence electrons. The molecule has 4 heteroatoms. The maximum Gasteiger partial charge on any atom is 0.230 e. The summed E-state index contributed by atoms with van der Waals surface area (Å²) >= 11 is 0. The molecule has 0 aromatic rings. The highest BCUT2D eigenvalue weighted by atomic mass is 16.2. The van der Waals surface area contributed by atoms with Crippen LogP contribution in [0.2, 0.25) is 0 Å². The van der Waals surface area contributed by atoms with E-state index in [-0.39, 0.29) is 5.41 Å². The van der Waals surface area contributed by atoms with Crippen molar-refractivity contribution in [1.29, 1.82) is 0 Å². The third kappa shape index (κ3) is 3.42. The molecule has 1 amide bonds. The van der Waals surface area contributed by atoms with E-state index in [2.05, 4.69) is 35.9 Å². The number of likely N-dealkylation sites (tertiary alicyclic amines) is 1. The zero-order valence-electron chi connectivity index (χ0n) is 14.3. The molecule has 2 rings (SSSR count). The Morgan fingerprint density at radius 1 is 1.38 bits per heavy atom. The molecular formula is C17H33N3O. The minimum absolute atomic E-state index is 0.171. The Morgan fingerprint density at radius 2 is 2.05 bits per heavy atom. The number of hydrogen-bond acceptors (Lipinski definition) is 3. The Labute approximate surface area is 130 Å². The van der Waals surface area contributed by atoms with Crippen LogP contribution in [0.25, 0.3) is 0 Å². The number of piperidine rings is 1. The lowest BCUT2D eigenvalue weighted by Gasteiger charge is -2.41. The highest BCUT2D eigenvalue weighted by molar-refractivity contribution is 5.83. The molecule has 1 N–H and O–H groups in total. The van der Waals surface area contributed by atoms with E-state index in [4.69, 9.17) is 0 Å². The van der Waals surface area contributed by atoms with E-state index >= 15 is 0 Å². The summed E-state index contributed by atoms with van der Waals surface area (Å²) in [6.07, 6.45) is 4.47. The molecule has 2 saturated heterocycles. The van der Waals surface area contributed by atoms with Gasteiger partial charge in [0, 0.05) is 32.7 Å². The number of rotatable bonds is 5. The van der Waals surface area contributed by atoms with Crippen LogP contribution in [-0.4, -0.2) is 61.5 Å². The van der Waals surface area contributed by atoms with E-state index in [9.17, 15) is 4.79 Å². The van der Waals surface area contributed by atoms with E-state index in [1.165, 1.54) is 13.0 Å². The Kier molecular flexibility index (Phi) is 5.67. The summed E-state index contributed by atoms with van der Waals surface area (Å²) in [5, 5.41) is 3.40. The zero-order chi connectivity index (χ0) is 15.5. The average Bonchev–Trinajstić information content (AvgIpc) is 2.98. The molecule has 2 aliphatic heterocycles. The van der Waals surface area contributed by atoms with Gasteiger partial charge in [0.2, 0.25) is 5.91 Å². The summed E-state index contributed by atoms with van der Waals surface area (Å²) in [4.78, 5) is 17.7. The van der Waals surface area contributed by atoms with Crippen molar-refractivity contribution < 1.29 is 4.79 Å². The first kappa shape index (κ1) is 16.8. The molecule has 1 unspecified atom stereocenters. The van der Waals surface area contributed by atoms with Crippen LogP contribution in [0.5, 0.6) is 0 Å². The van der Waals surface area contributed by atoms with E-state index in [1.54, 1.807) is 0 Å². The van der Waals surface area contributed by atoms with E-state index in [0.717, 1.165) is 45.4 Å². The lowest BCUT2D eigenvalue weighted by Crippen LogP contribution is -2.52. The van der Waals surface area contributed by atoms with Crippen molar-refractivity contribution in [2.45, 2.75) is 52.5 Å². The average molecular weight is 295 g/mol. The van der Waals surface area contributed by atoms with Crippen molar-refractivity contribution in [2.24, 2.45) is 11.3 Å². The van der Waals surface area contributed by atoms with Crippen LogP contribution >= 0.6 is 0 Å². The van der Waals surface area contributed by atoms with Gasteiger partial charge in [-0.15, -0.1) is 0 Å². The summed E-state index contributed by atoms with van der Waals surface area (Å²) in [7, 11) is 2.03. The second-order valence-corrected chi connectivity index (χ2v) is 7.23. The quantitative estimate of drug-likeness (QED) is 0.842. The molecule has 21 heavy (non-hydrogen) atoms. The summed E-state index contributed by atoms with van der Waals surface area (Å²) in [5.41, 5.74) is -0.171. The standard InChI is InChI=1S/C17H33N3O/c1-5-10-20-11-6-15(7-12-20)19(4)16(21)17(14(2)3)8-9-18-13-17/h14-15,18H,5-13H2,1-4H3. The Bertz CT molecular complexity index is 342. The molecule has 0 bridgehead atoms. The number of carbonyl (C=O) groups excluding carboxylic acids is 1. The topological polar surface area (TPSA) is 35.6 Å². The predicted molar refractivity (Wildman–Crippen MR) is 87.3 cm³/mol. The van der Waals surface area contributed by atoms with Gasteiger partial charge in [-0.2, -0.15) is 0 Å². The van der Waals surface area contributed by atoms with Crippen LogP contribution in [0.4, 0.5) is 0 Å². The van der Waals surface area contributed by atoms with E-state index in [1.807, 2.05) is 7.05 Å². The first-order valence-corrected chi connectivity index (χ1v) is 8.71. The van der Waals surface area contributed by atoms with Crippen molar-refractivity contribution in [2.75, 3.05) is 39.8 Å². The van der Waals surface area contributed by atoms with Gasteiger partial charge in [-0.05, 0) is 44.7 Å². The van der Waals surface area contributed by atoms with Crippen molar-refractivity contribution in [3.63, 3.8) is 0 Å². The zero-order valence-corrected chi connectivity index (χ0v) is 14.3. The van der Waals surface area contributed by atoms with Crippen LogP contribution in [0.3, 0.4) is 0 Å². The van der Waals surface area contributed by atoms with Crippen molar-refractivity contribution in [3.05, 3.63) is 0 Å². The minimum Gasteiger partial charge on any atom is -0.342 e. The molecule has 0 spiro atoms. The number of carbonyl (C=O) groups is 1. The maximum absolute atomic E-state index is 13.1. The molecule has 0 radical (unpaired) electrons. The lowest BCUT2D eigenvalue weighted by atomic mass is 9.75. The van der Waals surface area contributed by atoms with Gasteiger partial charge in [0.15, 0.2) is 0 Å². The molecule has 0 aliphatic carbocycles. The van der Waals surface area contributed by atoms with Gasteiger partial charge in [0.05, 0.1) is 5.41 Å². The van der Waals surface area contributed by atoms with Gasteiger partial charge in [-0.3, -0.25) is 4.79 Å². The normalized spacial score (nSPS) is 28.2. The Balaban J connectivity index is 1.96. The Hall–Kier alpha value is -0.610. The minimum atomic E-state index is -0.171. The third-order valence-corrected chi connectivity index (χ3v) is 5.68.